The third-order valence-corrected chi connectivity index (χ3v) is 7.54. The van der Waals surface area contributed by atoms with Gasteiger partial charge in [0, 0.05) is 24.3 Å². The lowest BCUT2D eigenvalue weighted by molar-refractivity contribution is 0.0730. The lowest BCUT2D eigenvalue weighted by Gasteiger charge is -2.26. The van der Waals surface area contributed by atoms with Crippen LogP contribution in [-0.2, 0) is 14.8 Å². The van der Waals surface area contributed by atoms with Gasteiger partial charge in [0.15, 0.2) is 5.11 Å². The number of benzene rings is 3. The molecule has 4 rings (SSSR count). The minimum absolute atomic E-state index is 0.0900. The predicted octanol–water partition coefficient (Wildman–Crippen LogP) is 3.29. The maximum Gasteiger partial charge on any atom is 0.257 e. The van der Waals surface area contributed by atoms with E-state index in [0.29, 0.717) is 56.5 Å². The first-order valence-electron chi connectivity index (χ1n) is 11.6. The second-order valence-corrected chi connectivity index (χ2v) is 10.3. The van der Waals surface area contributed by atoms with Crippen LogP contribution in [0.4, 0.5) is 5.69 Å². The number of nitrogens with zero attached hydrogens (tertiary/aromatic N) is 1. The van der Waals surface area contributed by atoms with Gasteiger partial charge in [0.05, 0.1) is 18.1 Å². The van der Waals surface area contributed by atoms with E-state index < -0.39 is 10.0 Å². The highest BCUT2D eigenvalue weighted by molar-refractivity contribution is 7.89. The van der Waals surface area contributed by atoms with Gasteiger partial charge in [-0.15, -0.1) is 0 Å². The summed E-state index contributed by atoms with van der Waals surface area (Å²) in [5.74, 6) is 1.00. The van der Waals surface area contributed by atoms with Gasteiger partial charge in [-0.3, -0.25) is 10.1 Å². The number of nitrogens with one attached hydrogen (secondary N) is 2. The molecule has 0 aliphatic carbocycles. The molecule has 11 heteroatoms. The molecule has 0 aromatic heterocycles. The Morgan fingerprint density at radius 2 is 1.46 bits per heavy atom. The van der Waals surface area contributed by atoms with Crippen LogP contribution >= 0.6 is 12.2 Å². The number of carbonyl (C=O) groups is 1. The van der Waals surface area contributed by atoms with E-state index in [9.17, 15) is 13.2 Å². The smallest absolute Gasteiger partial charge is 0.257 e. The summed E-state index contributed by atoms with van der Waals surface area (Å²) in [5, 5.41) is 5.59. The quantitative estimate of drug-likeness (QED) is 0.314. The highest BCUT2D eigenvalue weighted by atomic mass is 32.2. The van der Waals surface area contributed by atoms with Crippen molar-refractivity contribution in [3.05, 3.63) is 84.4 Å². The lowest BCUT2D eigenvalue weighted by Crippen LogP contribution is -2.40. The minimum atomic E-state index is -3.58. The molecule has 0 saturated carbocycles. The Morgan fingerprint density at radius 1 is 0.865 bits per heavy atom. The number of para-hydroxylation sites is 1. The van der Waals surface area contributed by atoms with Crippen molar-refractivity contribution in [1.29, 1.82) is 0 Å². The van der Waals surface area contributed by atoms with E-state index in [1.807, 2.05) is 30.3 Å². The molecular weight excluding hydrogens is 514 g/mol. The van der Waals surface area contributed by atoms with E-state index in [1.54, 1.807) is 36.4 Å². The van der Waals surface area contributed by atoms with E-state index in [0.717, 1.165) is 5.75 Å². The fourth-order valence-corrected chi connectivity index (χ4v) is 5.14. The number of anilines is 1. The van der Waals surface area contributed by atoms with Crippen LogP contribution in [0.25, 0.3) is 0 Å². The third kappa shape index (κ3) is 7.49. The molecule has 1 aliphatic rings. The largest absolute Gasteiger partial charge is 0.490 e. The molecule has 1 heterocycles. The molecule has 0 atom stereocenters. The van der Waals surface area contributed by atoms with Crippen LogP contribution in [0.3, 0.4) is 0 Å². The van der Waals surface area contributed by atoms with Crippen molar-refractivity contribution in [1.82, 2.24) is 9.62 Å². The molecular formula is C26H27N3O6S2. The molecule has 0 radical (unpaired) electrons. The molecule has 0 bridgehead atoms. The number of rotatable bonds is 9. The molecule has 3 aromatic rings. The average Bonchev–Trinajstić information content (AvgIpc) is 2.93. The van der Waals surface area contributed by atoms with Crippen molar-refractivity contribution in [3.63, 3.8) is 0 Å². The highest BCUT2D eigenvalue weighted by Crippen LogP contribution is 2.19. The third-order valence-electron chi connectivity index (χ3n) is 5.43. The zero-order valence-corrected chi connectivity index (χ0v) is 21.6. The molecule has 194 valence electrons. The molecule has 2 N–H and O–H groups in total. The van der Waals surface area contributed by atoms with Crippen LogP contribution < -0.4 is 20.1 Å². The maximum absolute atomic E-state index is 12.7. The Bertz CT molecular complexity index is 1290. The van der Waals surface area contributed by atoms with Crippen molar-refractivity contribution < 1.29 is 27.4 Å². The number of sulfonamides is 1. The van der Waals surface area contributed by atoms with Crippen molar-refractivity contribution >= 4 is 38.9 Å². The number of morpholine rings is 1. The van der Waals surface area contributed by atoms with Gasteiger partial charge in [-0.05, 0) is 72.9 Å². The summed E-state index contributed by atoms with van der Waals surface area (Å²) in [6.45, 7) is 2.17. The topological polar surface area (TPSA) is 106 Å². The molecule has 37 heavy (non-hydrogen) atoms. The second kappa shape index (κ2) is 12.6. The first kappa shape index (κ1) is 26.6. The highest BCUT2D eigenvalue weighted by Gasteiger charge is 2.26. The molecule has 1 saturated heterocycles. The molecule has 3 aromatic carbocycles. The first-order valence-corrected chi connectivity index (χ1v) is 13.5. The van der Waals surface area contributed by atoms with Crippen LogP contribution in [0.15, 0.2) is 83.8 Å². The minimum Gasteiger partial charge on any atom is -0.490 e. The Morgan fingerprint density at radius 3 is 2.08 bits per heavy atom. The number of ether oxygens (including phenoxy) is 3. The van der Waals surface area contributed by atoms with E-state index in [4.69, 9.17) is 26.4 Å². The van der Waals surface area contributed by atoms with Crippen molar-refractivity contribution in [2.24, 2.45) is 0 Å². The first-order chi connectivity index (χ1) is 17.9. The average molecular weight is 542 g/mol. The number of carbonyl (C=O) groups excluding carboxylic acids is 1. The Kier molecular flexibility index (Phi) is 9.07. The normalized spacial score (nSPS) is 13.9. The van der Waals surface area contributed by atoms with Crippen LogP contribution in [0.2, 0.25) is 0 Å². The predicted molar refractivity (Wildman–Crippen MR) is 144 cm³/mol. The zero-order valence-electron chi connectivity index (χ0n) is 20.0. The van der Waals surface area contributed by atoms with Crippen LogP contribution in [0, 0.1) is 0 Å². The SMILES string of the molecule is O=C(NC(=S)Nc1ccc(S(=O)(=O)N2CCOCC2)cc1)c1ccc(OCCOc2ccccc2)cc1. The van der Waals surface area contributed by atoms with Gasteiger partial charge in [-0.2, -0.15) is 4.31 Å². The van der Waals surface area contributed by atoms with Crippen molar-refractivity contribution in [2.45, 2.75) is 4.90 Å². The van der Waals surface area contributed by atoms with Crippen LogP contribution in [0.1, 0.15) is 10.4 Å². The summed E-state index contributed by atoms with van der Waals surface area (Å²) in [5.41, 5.74) is 0.955. The van der Waals surface area contributed by atoms with Gasteiger partial charge < -0.3 is 19.5 Å². The molecule has 1 fully saturated rings. The Hall–Kier alpha value is -3.51. The van der Waals surface area contributed by atoms with Gasteiger partial charge in [-0.1, -0.05) is 18.2 Å². The Balaban J connectivity index is 1.23. The van der Waals surface area contributed by atoms with Crippen LogP contribution in [-0.4, -0.2) is 63.3 Å². The number of thiocarbonyl (C=S) groups is 1. The molecule has 0 unspecified atom stereocenters. The summed E-state index contributed by atoms with van der Waals surface area (Å²) in [6.07, 6.45) is 0. The molecule has 1 amide bonds. The standard InChI is InChI=1S/C26H27N3O6S2/c30-25(20-6-10-23(11-7-20)35-19-18-34-22-4-2-1-3-5-22)28-26(36)27-21-8-12-24(13-9-21)37(31,32)29-14-16-33-17-15-29/h1-13H,14-19H2,(H2,27,28,30,36). The summed E-state index contributed by atoms with van der Waals surface area (Å²) in [7, 11) is -3.58. The van der Waals surface area contributed by atoms with Gasteiger partial charge >= 0.3 is 0 Å². The Labute approximate surface area is 221 Å². The van der Waals surface area contributed by atoms with Crippen LogP contribution in [0.5, 0.6) is 11.5 Å². The van der Waals surface area contributed by atoms with Gasteiger partial charge in [0.2, 0.25) is 10.0 Å². The van der Waals surface area contributed by atoms with Gasteiger partial charge in [0.25, 0.3) is 5.91 Å². The number of hydrogen-bond acceptors (Lipinski definition) is 7. The summed E-state index contributed by atoms with van der Waals surface area (Å²) in [6, 6.07) is 22.3. The van der Waals surface area contributed by atoms with E-state index in [2.05, 4.69) is 10.6 Å². The van der Waals surface area contributed by atoms with E-state index in [-0.39, 0.29) is 15.9 Å². The molecule has 9 nitrogen and oxygen atoms in total. The zero-order chi connectivity index (χ0) is 26.1. The summed E-state index contributed by atoms with van der Waals surface area (Å²) < 4.78 is 43.3. The van der Waals surface area contributed by atoms with Crippen molar-refractivity contribution in [3.8, 4) is 11.5 Å². The summed E-state index contributed by atoms with van der Waals surface area (Å²) >= 11 is 5.24. The van der Waals surface area contributed by atoms with Crippen molar-refractivity contribution in [2.75, 3.05) is 44.8 Å². The van der Waals surface area contributed by atoms with E-state index in [1.165, 1.54) is 16.4 Å². The second-order valence-electron chi connectivity index (χ2n) is 7.98. The fraction of sp³-hybridized carbons (Fsp3) is 0.231. The summed E-state index contributed by atoms with van der Waals surface area (Å²) in [4.78, 5) is 12.7. The number of hydrogen-bond donors (Lipinski definition) is 2. The molecule has 0 spiro atoms. The molecule has 1 aliphatic heterocycles. The van der Waals surface area contributed by atoms with E-state index >= 15 is 0 Å². The lowest BCUT2D eigenvalue weighted by atomic mass is 10.2. The van der Waals surface area contributed by atoms with Gasteiger partial charge in [-0.25, -0.2) is 8.42 Å². The monoisotopic (exact) mass is 541 g/mol. The number of amides is 1. The fourth-order valence-electron chi connectivity index (χ4n) is 3.52. The van der Waals surface area contributed by atoms with Gasteiger partial charge in [0.1, 0.15) is 24.7 Å². The maximum atomic E-state index is 12.7.